The van der Waals surface area contributed by atoms with Crippen LogP contribution in [-0.4, -0.2) is 36.2 Å². The highest BCUT2D eigenvalue weighted by molar-refractivity contribution is 4.79. The van der Waals surface area contributed by atoms with E-state index in [1.807, 2.05) is 12.2 Å². The van der Waals surface area contributed by atoms with Crippen molar-refractivity contribution in [2.45, 2.75) is 6.42 Å². The fraction of sp³-hybridized carbons (Fsp3) is 0.556. The average molecular weight is 155 g/mol. The van der Waals surface area contributed by atoms with E-state index in [0.29, 0.717) is 0 Å². The van der Waals surface area contributed by atoms with Gasteiger partial charge in [-0.2, -0.15) is 0 Å². The number of aliphatic hydroxyl groups is 1. The van der Waals surface area contributed by atoms with E-state index in [1.165, 1.54) is 0 Å². The van der Waals surface area contributed by atoms with Crippen LogP contribution in [0.25, 0.3) is 0 Å². The summed E-state index contributed by atoms with van der Waals surface area (Å²) in [6.07, 6.45) is 4.55. The number of aliphatic hydroxyl groups excluding tert-OH is 1. The highest BCUT2D eigenvalue weighted by Gasteiger charge is 1.97. The third-order valence-corrected chi connectivity index (χ3v) is 1.41. The summed E-state index contributed by atoms with van der Waals surface area (Å²) in [5.41, 5.74) is 0. The second kappa shape index (κ2) is 7.51. The topological polar surface area (TPSA) is 23.5 Å². The summed E-state index contributed by atoms with van der Waals surface area (Å²) in [6.45, 7) is 10.2. The quantitative estimate of drug-likeness (QED) is 0.555. The zero-order chi connectivity index (χ0) is 8.53. The predicted octanol–water partition coefficient (Wildman–Crippen LogP) is 1.04. The maximum absolute atomic E-state index is 8.57. The van der Waals surface area contributed by atoms with Gasteiger partial charge >= 0.3 is 0 Å². The smallest absolute Gasteiger partial charge is 0.0443 e. The normalized spacial score (nSPS) is 10.0. The van der Waals surface area contributed by atoms with E-state index in [-0.39, 0.29) is 6.61 Å². The van der Waals surface area contributed by atoms with Crippen molar-refractivity contribution in [2.75, 3.05) is 26.2 Å². The number of hydrogen-bond donors (Lipinski definition) is 1. The van der Waals surface area contributed by atoms with E-state index in [4.69, 9.17) is 5.11 Å². The Bertz CT molecular complexity index is 102. The van der Waals surface area contributed by atoms with E-state index < -0.39 is 0 Å². The van der Waals surface area contributed by atoms with Gasteiger partial charge in [0.15, 0.2) is 0 Å². The highest BCUT2D eigenvalue weighted by atomic mass is 16.3. The molecule has 0 heterocycles. The lowest BCUT2D eigenvalue weighted by molar-refractivity contribution is 0.247. The molecule has 1 N–H and O–H groups in total. The molecule has 0 rings (SSSR count). The molecular formula is C9H17NO. The van der Waals surface area contributed by atoms with Gasteiger partial charge in [0.05, 0.1) is 0 Å². The Balaban J connectivity index is 3.49. The Morgan fingerprint density at radius 3 is 2.09 bits per heavy atom. The first-order valence-corrected chi connectivity index (χ1v) is 3.90. The number of hydrogen-bond acceptors (Lipinski definition) is 2. The monoisotopic (exact) mass is 155 g/mol. The van der Waals surface area contributed by atoms with Crippen molar-refractivity contribution >= 4 is 0 Å². The summed E-state index contributed by atoms with van der Waals surface area (Å²) in [5, 5.41) is 8.57. The second-order valence-electron chi connectivity index (χ2n) is 2.41. The fourth-order valence-electron chi connectivity index (χ4n) is 0.917. The summed E-state index contributed by atoms with van der Waals surface area (Å²) in [5.74, 6) is 0. The van der Waals surface area contributed by atoms with E-state index in [2.05, 4.69) is 18.1 Å². The van der Waals surface area contributed by atoms with Crippen LogP contribution in [0.1, 0.15) is 6.42 Å². The molecule has 0 saturated carbocycles. The first-order valence-electron chi connectivity index (χ1n) is 3.90. The van der Waals surface area contributed by atoms with Crippen LogP contribution in [0.15, 0.2) is 25.3 Å². The molecule has 0 atom stereocenters. The van der Waals surface area contributed by atoms with Crippen LogP contribution >= 0.6 is 0 Å². The first kappa shape index (κ1) is 10.4. The van der Waals surface area contributed by atoms with Gasteiger partial charge in [-0.05, 0) is 6.42 Å². The zero-order valence-electron chi connectivity index (χ0n) is 7.00. The van der Waals surface area contributed by atoms with Crippen LogP contribution in [0.5, 0.6) is 0 Å². The van der Waals surface area contributed by atoms with Gasteiger partial charge in [0.1, 0.15) is 0 Å². The molecule has 0 aliphatic heterocycles. The molecule has 0 bridgehead atoms. The Morgan fingerprint density at radius 2 is 1.73 bits per heavy atom. The molecule has 0 aromatic rings. The van der Waals surface area contributed by atoms with Crippen molar-refractivity contribution in [1.29, 1.82) is 0 Å². The van der Waals surface area contributed by atoms with Crippen molar-refractivity contribution in [3.05, 3.63) is 25.3 Å². The van der Waals surface area contributed by atoms with E-state index >= 15 is 0 Å². The van der Waals surface area contributed by atoms with Crippen LogP contribution in [0.3, 0.4) is 0 Å². The summed E-state index contributed by atoms with van der Waals surface area (Å²) in [7, 11) is 0. The summed E-state index contributed by atoms with van der Waals surface area (Å²) < 4.78 is 0. The van der Waals surface area contributed by atoms with Gasteiger partial charge in [0.25, 0.3) is 0 Å². The fourth-order valence-corrected chi connectivity index (χ4v) is 0.917. The first-order chi connectivity index (χ1) is 5.35. The standard InChI is InChI=1S/C9H17NO/c1-3-6-10(7-4-2)8-5-9-11/h3-4,11H,1-2,5-9H2. The molecule has 0 aromatic heterocycles. The van der Waals surface area contributed by atoms with Crippen molar-refractivity contribution in [3.8, 4) is 0 Å². The van der Waals surface area contributed by atoms with Crippen molar-refractivity contribution in [1.82, 2.24) is 4.90 Å². The third kappa shape index (κ3) is 5.83. The minimum absolute atomic E-state index is 0.255. The van der Waals surface area contributed by atoms with Crippen LogP contribution in [0.2, 0.25) is 0 Å². The minimum Gasteiger partial charge on any atom is -0.396 e. The van der Waals surface area contributed by atoms with Gasteiger partial charge in [-0.1, -0.05) is 12.2 Å². The summed E-state index contributed by atoms with van der Waals surface area (Å²) >= 11 is 0. The van der Waals surface area contributed by atoms with Crippen LogP contribution < -0.4 is 0 Å². The lowest BCUT2D eigenvalue weighted by Crippen LogP contribution is -2.25. The van der Waals surface area contributed by atoms with Crippen LogP contribution in [-0.2, 0) is 0 Å². The lowest BCUT2D eigenvalue weighted by atomic mass is 10.3. The summed E-state index contributed by atoms with van der Waals surface area (Å²) in [4.78, 5) is 2.18. The molecule has 0 aliphatic carbocycles. The molecular weight excluding hydrogens is 138 g/mol. The zero-order valence-corrected chi connectivity index (χ0v) is 7.00. The molecule has 0 aromatic carbocycles. The largest absolute Gasteiger partial charge is 0.396 e. The average Bonchev–Trinajstić information content (AvgIpc) is 2.01. The SMILES string of the molecule is C=CCN(CC=C)CCCO. The van der Waals surface area contributed by atoms with E-state index in [0.717, 1.165) is 26.1 Å². The van der Waals surface area contributed by atoms with Gasteiger partial charge in [-0.15, -0.1) is 13.2 Å². The minimum atomic E-state index is 0.255. The van der Waals surface area contributed by atoms with E-state index in [9.17, 15) is 0 Å². The van der Waals surface area contributed by atoms with Gasteiger partial charge in [-0.25, -0.2) is 0 Å². The van der Waals surface area contributed by atoms with Gasteiger partial charge < -0.3 is 5.11 Å². The predicted molar refractivity (Wildman–Crippen MR) is 48.5 cm³/mol. The lowest BCUT2D eigenvalue weighted by Gasteiger charge is -2.17. The molecule has 0 spiro atoms. The number of nitrogens with zero attached hydrogens (tertiary/aromatic N) is 1. The Labute approximate surface area is 68.8 Å². The molecule has 0 unspecified atom stereocenters. The van der Waals surface area contributed by atoms with Gasteiger partial charge in [0.2, 0.25) is 0 Å². The van der Waals surface area contributed by atoms with Crippen molar-refractivity contribution < 1.29 is 5.11 Å². The highest BCUT2D eigenvalue weighted by Crippen LogP contribution is 1.91. The molecule has 0 amide bonds. The molecule has 11 heavy (non-hydrogen) atoms. The van der Waals surface area contributed by atoms with Crippen molar-refractivity contribution in [3.63, 3.8) is 0 Å². The van der Waals surface area contributed by atoms with Crippen molar-refractivity contribution in [2.24, 2.45) is 0 Å². The Kier molecular flexibility index (Phi) is 7.10. The maximum atomic E-state index is 8.57. The van der Waals surface area contributed by atoms with Crippen LogP contribution in [0, 0.1) is 0 Å². The molecule has 0 radical (unpaired) electrons. The molecule has 0 aliphatic rings. The third-order valence-electron chi connectivity index (χ3n) is 1.41. The number of rotatable bonds is 7. The Hall–Kier alpha value is -0.600. The molecule has 2 heteroatoms. The molecule has 0 saturated heterocycles. The Morgan fingerprint density at radius 1 is 1.18 bits per heavy atom. The molecule has 2 nitrogen and oxygen atoms in total. The van der Waals surface area contributed by atoms with Gasteiger partial charge in [-0.3, -0.25) is 4.90 Å². The van der Waals surface area contributed by atoms with Crippen LogP contribution in [0.4, 0.5) is 0 Å². The van der Waals surface area contributed by atoms with E-state index in [1.54, 1.807) is 0 Å². The molecule has 0 fully saturated rings. The molecule has 64 valence electrons. The van der Waals surface area contributed by atoms with Gasteiger partial charge in [0, 0.05) is 26.2 Å². The summed E-state index contributed by atoms with van der Waals surface area (Å²) in [6, 6.07) is 0. The second-order valence-corrected chi connectivity index (χ2v) is 2.41. The maximum Gasteiger partial charge on any atom is 0.0443 e.